The zero-order chi connectivity index (χ0) is 4.28. The van der Waals surface area contributed by atoms with Gasteiger partial charge < -0.3 is 5.73 Å². The fraction of sp³-hybridized carbons (Fsp3) is 1.00. The molecule has 0 radical (unpaired) electrons. The molecular formula is C3H10BN. The second-order valence-corrected chi connectivity index (χ2v) is 1.39. The molecule has 1 unspecified atom stereocenters. The molecule has 1 nitrogen and oxygen atoms in total. The lowest BCUT2D eigenvalue weighted by molar-refractivity contribution is 0.832. The Kier molecular flexibility index (Phi) is 2.28. The van der Waals surface area contributed by atoms with Gasteiger partial charge in [-0.3, -0.25) is 0 Å². The van der Waals surface area contributed by atoms with Gasteiger partial charge in [0, 0.05) is 0 Å². The Morgan fingerprint density at radius 3 is 2.20 bits per heavy atom. The third-order valence-electron chi connectivity index (χ3n) is 0.644. The quantitative estimate of drug-likeness (QED) is 0.410. The molecule has 1 atom stereocenters. The third-order valence-corrected chi connectivity index (χ3v) is 0.644. The summed E-state index contributed by atoms with van der Waals surface area (Å²) in [5.41, 5.74) is 5.29. The SMILES string of the molecule is BCC(C)N. The van der Waals surface area contributed by atoms with E-state index in [4.69, 9.17) is 5.73 Å². The van der Waals surface area contributed by atoms with Crippen molar-refractivity contribution in [3.05, 3.63) is 0 Å². The normalized spacial score (nSPS) is 14.8. The van der Waals surface area contributed by atoms with Crippen LogP contribution in [0.15, 0.2) is 0 Å². The maximum Gasteiger partial charge on any atom is 0.103 e. The van der Waals surface area contributed by atoms with E-state index in [2.05, 4.69) is 7.85 Å². The molecule has 0 saturated carbocycles. The van der Waals surface area contributed by atoms with Crippen LogP contribution < -0.4 is 5.73 Å². The van der Waals surface area contributed by atoms with Crippen LogP contribution in [0.1, 0.15) is 6.92 Å². The lowest BCUT2D eigenvalue weighted by Gasteiger charge is -1.91. The summed E-state index contributed by atoms with van der Waals surface area (Å²) in [5, 5.41) is 0. The molecule has 0 aromatic heterocycles. The van der Waals surface area contributed by atoms with E-state index in [1.165, 1.54) is 0 Å². The Morgan fingerprint density at radius 1 is 2.00 bits per heavy atom. The van der Waals surface area contributed by atoms with Crippen LogP contribution in [0.5, 0.6) is 0 Å². The molecule has 2 heteroatoms. The van der Waals surface area contributed by atoms with E-state index in [1.807, 2.05) is 6.92 Å². The van der Waals surface area contributed by atoms with Crippen LogP contribution in [-0.4, -0.2) is 13.9 Å². The average molecular weight is 70.9 g/mol. The summed E-state index contributed by atoms with van der Waals surface area (Å²) in [6.07, 6.45) is 1.08. The van der Waals surface area contributed by atoms with Crippen LogP contribution >= 0.6 is 0 Å². The molecule has 0 heterocycles. The van der Waals surface area contributed by atoms with Gasteiger partial charge in [0.2, 0.25) is 0 Å². The highest BCUT2D eigenvalue weighted by molar-refractivity contribution is 6.08. The summed E-state index contributed by atoms with van der Waals surface area (Å²) >= 11 is 0. The summed E-state index contributed by atoms with van der Waals surface area (Å²) in [6, 6.07) is 0.384. The first kappa shape index (κ1) is 5.02. The molecule has 0 fully saturated rings. The highest BCUT2D eigenvalue weighted by atomic mass is 14.6. The van der Waals surface area contributed by atoms with Gasteiger partial charge >= 0.3 is 0 Å². The molecule has 0 amide bonds. The molecule has 0 aromatic rings. The van der Waals surface area contributed by atoms with Crippen molar-refractivity contribution >= 4 is 7.85 Å². The van der Waals surface area contributed by atoms with Crippen molar-refractivity contribution in [2.24, 2.45) is 5.73 Å². The smallest absolute Gasteiger partial charge is 0.103 e. The van der Waals surface area contributed by atoms with Crippen molar-refractivity contribution in [1.82, 2.24) is 0 Å². The molecular weight excluding hydrogens is 60.9 g/mol. The molecule has 2 N–H and O–H groups in total. The van der Waals surface area contributed by atoms with Crippen molar-refractivity contribution in [1.29, 1.82) is 0 Å². The topological polar surface area (TPSA) is 26.0 Å². The predicted octanol–water partition coefficient (Wildman–Crippen LogP) is -0.615. The Morgan fingerprint density at radius 2 is 2.20 bits per heavy atom. The van der Waals surface area contributed by atoms with E-state index in [0.717, 1.165) is 6.32 Å². The van der Waals surface area contributed by atoms with Crippen molar-refractivity contribution in [2.45, 2.75) is 19.3 Å². The minimum absolute atomic E-state index is 0.384. The minimum atomic E-state index is 0.384. The fourth-order valence-electron chi connectivity index (χ4n) is 0. The standard InChI is InChI=1S/C3H10BN/c1-3(5)2-4/h3H,2,4-5H2,1H3. The van der Waals surface area contributed by atoms with Crippen molar-refractivity contribution in [2.75, 3.05) is 0 Å². The van der Waals surface area contributed by atoms with E-state index in [9.17, 15) is 0 Å². The largest absolute Gasteiger partial charge is 0.329 e. The summed E-state index contributed by atoms with van der Waals surface area (Å²) in [5.74, 6) is 0. The molecule has 30 valence electrons. The number of hydrogen-bond donors (Lipinski definition) is 1. The molecule has 0 aromatic carbocycles. The molecule has 0 bridgehead atoms. The predicted molar refractivity (Wildman–Crippen MR) is 27.0 cm³/mol. The van der Waals surface area contributed by atoms with Gasteiger partial charge in [-0.15, -0.1) is 0 Å². The Bertz CT molecular complexity index is 20.9. The van der Waals surface area contributed by atoms with Gasteiger partial charge in [-0.2, -0.15) is 0 Å². The zero-order valence-corrected chi connectivity index (χ0v) is 3.86. The minimum Gasteiger partial charge on any atom is -0.329 e. The van der Waals surface area contributed by atoms with Gasteiger partial charge in [0.1, 0.15) is 7.85 Å². The highest BCUT2D eigenvalue weighted by Crippen LogP contribution is 1.74. The maximum absolute atomic E-state index is 5.29. The molecule has 0 aliphatic carbocycles. The molecule has 0 saturated heterocycles. The Balaban J connectivity index is 2.54. The molecule has 5 heavy (non-hydrogen) atoms. The maximum atomic E-state index is 5.29. The van der Waals surface area contributed by atoms with Gasteiger partial charge in [-0.25, -0.2) is 0 Å². The zero-order valence-electron chi connectivity index (χ0n) is 3.86. The molecule has 0 aliphatic heterocycles. The molecule has 0 spiro atoms. The Hall–Kier alpha value is 0.0249. The fourth-order valence-corrected chi connectivity index (χ4v) is 0. The van der Waals surface area contributed by atoms with E-state index < -0.39 is 0 Å². The van der Waals surface area contributed by atoms with E-state index in [1.54, 1.807) is 0 Å². The Labute approximate surface area is 34.0 Å². The summed E-state index contributed by atoms with van der Waals surface area (Å²) in [4.78, 5) is 0. The first-order valence-corrected chi connectivity index (χ1v) is 2.03. The number of hydrogen-bond acceptors (Lipinski definition) is 1. The highest BCUT2D eigenvalue weighted by Gasteiger charge is 1.80. The van der Waals surface area contributed by atoms with Crippen LogP contribution in [0.4, 0.5) is 0 Å². The van der Waals surface area contributed by atoms with Crippen molar-refractivity contribution < 1.29 is 0 Å². The second kappa shape index (κ2) is 2.27. The number of rotatable bonds is 1. The summed E-state index contributed by atoms with van der Waals surface area (Å²) < 4.78 is 0. The van der Waals surface area contributed by atoms with Gasteiger partial charge in [-0.1, -0.05) is 13.2 Å². The monoisotopic (exact) mass is 71.1 g/mol. The van der Waals surface area contributed by atoms with Gasteiger partial charge in [-0.05, 0) is 6.04 Å². The molecule has 0 aliphatic rings. The number of nitrogens with two attached hydrogens (primary N) is 1. The second-order valence-electron chi connectivity index (χ2n) is 1.39. The summed E-state index contributed by atoms with van der Waals surface area (Å²) in [7, 11) is 2.07. The first-order valence-electron chi connectivity index (χ1n) is 2.03. The average Bonchev–Trinajstić information content (AvgIpc) is 1.38. The van der Waals surface area contributed by atoms with Crippen molar-refractivity contribution in [3.63, 3.8) is 0 Å². The van der Waals surface area contributed by atoms with Crippen LogP contribution in [-0.2, 0) is 0 Å². The van der Waals surface area contributed by atoms with E-state index in [-0.39, 0.29) is 0 Å². The van der Waals surface area contributed by atoms with E-state index >= 15 is 0 Å². The van der Waals surface area contributed by atoms with Crippen LogP contribution in [0, 0.1) is 0 Å². The van der Waals surface area contributed by atoms with Gasteiger partial charge in [0.15, 0.2) is 0 Å². The summed E-state index contributed by atoms with van der Waals surface area (Å²) in [6.45, 7) is 2.00. The molecule has 0 rings (SSSR count). The van der Waals surface area contributed by atoms with Gasteiger partial charge in [0.05, 0.1) is 0 Å². The van der Waals surface area contributed by atoms with Crippen LogP contribution in [0.2, 0.25) is 6.32 Å². The lowest BCUT2D eigenvalue weighted by atomic mass is 10.00. The third kappa shape index (κ3) is 4.02. The van der Waals surface area contributed by atoms with E-state index in [0.29, 0.717) is 6.04 Å². The van der Waals surface area contributed by atoms with Crippen LogP contribution in [0.25, 0.3) is 0 Å². The van der Waals surface area contributed by atoms with Crippen molar-refractivity contribution in [3.8, 4) is 0 Å². The van der Waals surface area contributed by atoms with Crippen LogP contribution in [0.3, 0.4) is 0 Å². The first-order chi connectivity index (χ1) is 2.27. The van der Waals surface area contributed by atoms with Gasteiger partial charge in [0.25, 0.3) is 0 Å². The lowest BCUT2D eigenvalue weighted by Crippen LogP contribution is -2.12.